The first-order valence-electron chi connectivity index (χ1n) is 7.04. The van der Waals surface area contributed by atoms with Crippen LogP contribution in [0.25, 0.3) is 0 Å². The Bertz CT molecular complexity index is 331. The van der Waals surface area contributed by atoms with Gasteiger partial charge >= 0.3 is 130 Å². The second-order valence-corrected chi connectivity index (χ2v) is 8.39. The summed E-state index contributed by atoms with van der Waals surface area (Å²) < 4.78 is 15.0. The first-order valence-corrected chi connectivity index (χ1v) is 10.3. The Morgan fingerprint density at radius 1 is 1.15 bits per heavy atom. The van der Waals surface area contributed by atoms with Gasteiger partial charge in [0.25, 0.3) is 0 Å². The van der Waals surface area contributed by atoms with Crippen molar-refractivity contribution >= 4 is 11.8 Å². The zero-order valence-corrected chi connectivity index (χ0v) is 15.1. The van der Waals surface area contributed by atoms with Crippen molar-refractivity contribution < 1.29 is 30.7 Å². The summed E-state index contributed by atoms with van der Waals surface area (Å²) in [4.78, 5) is 4.85. The molecule has 0 spiro atoms. The van der Waals surface area contributed by atoms with Gasteiger partial charge in [-0.2, -0.15) is 0 Å². The number of piperazine rings is 1. The molecule has 2 aliphatic heterocycles. The normalized spacial score (nSPS) is 21.6. The first kappa shape index (κ1) is 16.8. The third-order valence-electron chi connectivity index (χ3n) is 3.29. The molecule has 0 aliphatic carbocycles. The van der Waals surface area contributed by atoms with Crippen molar-refractivity contribution in [3.05, 3.63) is 18.5 Å². The van der Waals surface area contributed by atoms with Crippen LogP contribution in [0, 0.1) is 0 Å². The molecule has 20 heavy (non-hydrogen) atoms. The summed E-state index contributed by atoms with van der Waals surface area (Å²) in [5.74, 6) is 0. The molecular weight excluding hydrogens is 387 g/mol. The third-order valence-corrected chi connectivity index (χ3v) is 7.06. The third kappa shape index (κ3) is 6.91. The molecule has 0 aromatic carbocycles. The summed E-state index contributed by atoms with van der Waals surface area (Å²) in [7, 11) is 2.18. The number of thioether (sulfide) groups is 1. The number of likely N-dealkylation sites (N-methyl/N-ethyl adjacent to an activating group) is 1. The van der Waals surface area contributed by atoms with Gasteiger partial charge in [-0.3, -0.25) is 0 Å². The molecule has 1 saturated heterocycles. The van der Waals surface area contributed by atoms with Crippen molar-refractivity contribution in [2.75, 3.05) is 66.2 Å². The van der Waals surface area contributed by atoms with E-state index in [-0.39, 0.29) is 21.2 Å². The number of nitrogens with zero attached hydrogens (tertiary/aromatic N) is 2. The van der Waals surface area contributed by atoms with Gasteiger partial charge in [0.05, 0.1) is 0 Å². The van der Waals surface area contributed by atoms with Gasteiger partial charge in [0.1, 0.15) is 0 Å². The van der Waals surface area contributed by atoms with Gasteiger partial charge in [-0.25, -0.2) is 0 Å². The minimum atomic E-state index is 0.0897. The summed E-state index contributed by atoms with van der Waals surface area (Å²) in [5, 5.41) is 4.39. The predicted octanol–water partition coefficient (Wildman–Crippen LogP) is -1.58. The van der Waals surface area contributed by atoms with Gasteiger partial charge in [0.15, 0.2) is 0 Å². The van der Waals surface area contributed by atoms with Crippen LogP contribution in [0.15, 0.2) is 18.5 Å². The van der Waals surface area contributed by atoms with Crippen LogP contribution >= 0.6 is 11.8 Å². The minimum absolute atomic E-state index is 0.0897. The molecule has 1 fully saturated rings. The summed E-state index contributed by atoms with van der Waals surface area (Å²) >= 11 is 1.85. The molecule has 2 heterocycles. The van der Waals surface area contributed by atoms with E-state index in [4.69, 9.17) is 9.47 Å². The average molecular weight is 411 g/mol. The van der Waals surface area contributed by atoms with E-state index >= 15 is 0 Å². The van der Waals surface area contributed by atoms with Crippen LogP contribution in [0.1, 0.15) is 0 Å². The Kier molecular flexibility index (Phi) is 8.53. The van der Waals surface area contributed by atoms with Crippen molar-refractivity contribution in [1.82, 2.24) is 9.80 Å². The van der Waals surface area contributed by atoms with Gasteiger partial charge in [0, 0.05) is 0 Å². The Morgan fingerprint density at radius 2 is 1.95 bits per heavy atom. The predicted molar refractivity (Wildman–Crippen MR) is 80.4 cm³/mol. The molecule has 0 radical (unpaired) electrons. The number of hydrogen-bond acceptors (Lipinski definition) is 5. The number of ether oxygens (including phenoxy) is 2. The van der Waals surface area contributed by atoms with Crippen LogP contribution in [-0.4, -0.2) is 76.0 Å². The fourth-order valence-corrected chi connectivity index (χ4v) is 5.14. The van der Waals surface area contributed by atoms with Gasteiger partial charge in [0.2, 0.25) is 0 Å². The summed E-state index contributed by atoms with van der Waals surface area (Å²) in [6.07, 6.45) is 0. The van der Waals surface area contributed by atoms with Crippen molar-refractivity contribution in [2.45, 2.75) is 0 Å². The molecule has 2 rings (SSSR count). The van der Waals surface area contributed by atoms with Crippen molar-refractivity contribution in [1.29, 1.82) is 0 Å². The van der Waals surface area contributed by atoms with E-state index < -0.39 is 0 Å². The quantitative estimate of drug-likeness (QED) is 0.355. The topological polar surface area (TPSA) is 24.9 Å². The fraction of sp³-hybridized carbons (Fsp3) is 0.714. The van der Waals surface area contributed by atoms with E-state index in [2.05, 4.69) is 31.7 Å². The van der Waals surface area contributed by atoms with Crippen molar-refractivity contribution in [2.24, 2.45) is 0 Å². The van der Waals surface area contributed by atoms with Crippen LogP contribution in [0.5, 0.6) is 0 Å². The Morgan fingerprint density at radius 3 is 2.70 bits per heavy atom. The molecule has 0 unspecified atom stereocenters. The van der Waals surface area contributed by atoms with E-state index in [1.807, 2.05) is 0 Å². The van der Waals surface area contributed by atoms with E-state index in [0.29, 0.717) is 13.2 Å². The Balaban J connectivity index is 1.39. The second-order valence-electron chi connectivity index (χ2n) is 4.88. The van der Waals surface area contributed by atoms with Crippen LogP contribution in [-0.2, 0) is 9.47 Å². The molecule has 0 amide bonds. The molecule has 2 aliphatic rings. The molecule has 0 aromatic rings. The van der Waals surface area contributed by atoms with E-state index in [0.717, 1.165) is 19.8 Å². The molecule has 4 nitrogen and oxygen atoms in total. The van der Waals surface area contributed by atoms with E-state index in [1.54, 1.807) is 11.8 Å². The molecule has 0 atom stereocenters. The molecular formula is C14H24IN2O2S-. The zero-order valence-electron chi connectivity index (χ0n) is 12.1. The van der Waals surface area contributed by atoms with E-state index in [1.165, 1.54) is 29.8 Å². The summed E-state index contributed by atoms with van der Waals surface area (Å²) in [6.45, 7) is 8.75. The van der Waals surface area contributed by atoms with Crippen LogP contribution in [0.2, 0.25) is 0 Å². The van der Waals surface area contributed by atoms with Crippen molar-refractivity contribution in [3.63, 3.8) is 0 Å². The number of rotatable bonds is 8. The fourth-order valence-electron chi connectivity index (χ4n) is 2.00. The summed E-state index contributed by atoms with van der Waals surface area (Å²) in [5.41, 5.74) is 0. The van der Waals surface area contributed by atoms with Crippen molar-refractivity contribution in [3.8, 4) is 0 Å². The maximum atomic E-state index is 5.65. The molecule has 0 N–H and O–H groups in total. The Labute approximate surface area is 136 Å². The summed E-state index contributed by atoms with van der Waals surface area (Å²) in [6, 6.07) is 0. The molecule has 0 aromatic heterocycles. The Hall–Kier alpha value is 0.400. The van der Waals surface area contributed by atoms with Crippen LogP contribution in [0.4, 0.5) is 0 Å². The maximum absolute atomic E-state index is 5.65. The second kappa shape index (κ2) is 10.2. The SMILES string of the molecule is CN1CCN(CCOCCOCC2=CSC=C[I-]2)CC1. The van der Waals surface area contributed by atoms with Crippen LogP contribution < -0.4 is 21.2 Å². The van der Waals surface area contributed by atoms with Gasteiger partial charge in [-0.05, 0) is 7.05 Å². The average Bonchev–Trinajstić information content (AvgIpc) is 2.49. The van der Waals surface area contributed by atoms with E-state index in [9.17, 15) is 0 Å². The molecule has 116 valence electrons. The molecule has 6 heteroatoms. The van der Waals surface area contributed by atoms with Gasteiger partial charge in [-0.15, -0.1) is 0 Å². The monoisotopic (exact) mass is 411 g/mol. The first-order chi connectivity index (χ1) is 9.84. The molecule has 0 bridgehead atoms. The van der Waals surface area contributed by atoms with Gasteiger partial charge in [-0.1, -0.05) is 0 Å². The standard InChI is InChI=1S/C14H24IN2O2S/c1-16-3-5-17(6-4-16)7-8-18-9-10-19-12-14-13-20-11-2-15-14/h2,11,13H,3-10,12H2,1H3/q-1. The van der Waals surface area contributed by atoms with Crippen LogP contribution in [0.3, 0.4) is 0 Å². The number of hydrogen-bond donors (Lipinski definition) is 0. The number of halogens is 1. The van der Waals surface area contributed by atoms with Gasteiger partial charge < -0.3 is 0 Å². The molecule has 0 saturated carbocycles. The zero-order chi connectivity index (χ0) is 14.0.